The van der Waals surface area contributed by atoms with Gasteiger partial charge in [0.25, 0.3) is 0 Å². The summed E-state index contributed by atoms with van der Waals surface area (Å²) in [4.78, 5) is 12.4. The maximum Gasteiger partial charge on any atom is 0.133 e. The van der Waals surface area contributed by atoms with Crippen molar-refractivity contribution in [1.82, 2.24) is 0 Å². The molecule has 0 fully saturated rings. The molecule has 0 radical (unpaired) electrons. The third-order valence-electron chi connectivity index (χ3n) is 4.70. The van der Waals surface area contributed by atoms with E-state index in [4.69, 9.17) is 0 Å². The molecule has 0 aliphatic heterocycles. The highest BCUT2D eigenvalue weighted by atomic mass is 16.1. The number of rotatable bonds is 6. The lowest BCUT2D eigenvalue weighted by Crippen LogP contribution is -2.10. The van der Waals surface area contributed by atoms with E-state index < -0.39 is 0 Å². The minimum absolute atomic E-state index is 0.122. The molecule has 1 nitrogen and oxygen atoms in total. The standard InChI is InChI=1S/C23H24O/c1-3-9-20(24)16-22(18-10-5-4-6-11-18)23-17(2)14-15-19-12-7-8-13-21(19)23/h4-8,10-15,22H,3,9,16H2,1-2H3. The molecule has 0 aliphatic carbocycles. The Balaban J connectivity index is 2.15. The number of Topliss-reactive ketones (excluding diaryl/α,β-unsaturated/α-hetero) is 1. The van der Waals surface area contributed by atoms with Gasteiger partial charge in [-0.25, -0.2) is 0 Å². The molecule has 0 N–H and O–H groups in total. The van der Waals surface area contributed by atoms with Gasteiger partial charge in [0.15, 0.2) is 0 Å². The average molecular weight is 316 g/mol. The normalized spacial score (nSPS) is 12.2. The van der Waals surface area contributed by atoms with Gasteiger partial charge in [-0.15, -0.1) is 0 Å². The van der Waals surface area contributed by atoms with Gasteiger partial charge >= 0.3 is 0 Å². The minimum Gasteiger partial charge on any atom is -0.300 e. The minimum atomic E-state index is 0.122. The monoisotopic (exact) mass is 316 g/mol. The van der Waals surface area contributed by atoms with Crippen LogP contribution in [0.25, 0.3) is 10.8 Å². The first-order valence-corrected chi connectivity index (χ1v) is 8.75. The van der Waals surface area contributed by atoms with Crippen molar-refractivity contribution < 1.29 is 4.79 Å². The third-order valence-corrected chi connectivity index (χ3v) is 4.70. The molecule has 0 saturated heterocycles. The van der Waals surface area contributed by atoms with Gasteiger partial charge < -0.3 is 0 Å². The van der Waals surface area contributed by atoms with Crippen LogP contribution < -0.4 is 0 Å². The zero-order chi connectivity index (χ0) is 16.9. The van der Waals surface area contributed by atoms with Crippen molar-refractivity contribution in [2.45, 2.75) is 39.0 Å². The van der Waals surface area contributed by atoms with Gasteiger partial charge in [-0.2, -0.15) is 0 Å². The average Bonchev–Trinajstić information content (AvgIpc) is 2.61. The summed E-state index contributed by atoms with van der Waals surface area (Å²) in [6.07, 6.45) is 2.15. The largest absolute Gasteiger partial charge is 0.300 e. The van der Waals surface area contributed by atoms with Crippen LogP contribution in [0.2, 0.25) is 0 Å². The fourth-order valence-electron chi connectivity index (χ4n) is 3.55. The molecule has 3 rings (SSSR count). The van der Waals surface area contributed by atoms with Crippen molar-refractivity contribution >= 4 is 16.6 Å². The maximum atomic E-state index is 12.4. The Bertz CT molecular complexity index is 833. The van der Waals surface area contributed by atoms with Crippen molar-refractivity contribution in [3.63, 3.8) is 0 Å². The molecular formula is C23H24O. The third kappa shape index (κ3) is 3.41. The maximum absolute atomic E-state index is 12.4. The highest BCUT2D eigenvalue weighted by molar-refractivity contribution is 5.89. The Morgan fingerprint density at radius 3 is 2.38 bits per heavy atom. The van der Waals surface area contributed by atoms with Crippen LogP contribution in [0.1, 0.15) is 48.8 Å². The molecular weight excluding hydrogens is 292 g/mol. The zero-order valence-electron chi connectivity index (χ0n) is 14.5. The molecule has 1 atom stereocenters. The lowest BCUT2D eigenvalue weighted by Gasteiger charge is -2.22. The Hall–Kier alpha value is -2.41. The Morgan fingerprint density at radius 1 is 0.917 bits per heavy atom. The van der Waals surface area contributed by atoms with Crippen LogP contribution in [0.15, 0.2) is 66.7 Å². The van der Waals surface area contributed by atoms with Gasteiger partial charge in [0.1, 0.15) is 5.78 Å². The van der Waals surface area contributed by atoms with E-state index in [9.17, 15) is 4.79 Å². The number of hydrogen-bond donors (Lipinski definition) is 0. The molecule has 0 heterocycles. The van der Waals surface area contributed by atoms with Crippen molar-refractivity contribution in [3.05, 3.63) is 83.4 Å². The number of carbonyl (C=O) groups is 1. The second-order valence-corrected chi connectivity index (χ2v) is 6.47. The molecule has 3 aromatic carbocycles. The molecule has 0 saturated carbocycles. The van der Waals surface area contributed by atoms with E-state index in [0.717, 1.165) is 6.42 Å². The van der Waals surface area contributed by atoms with E-state index in [1.54, 1.807) is 0 Å². The first kappa shape index (κ1) is 16.4. The first-order chi connectivity index (χ1) is 11.7. The van der Waals surface area contributed by atoms with Gasteiger partial charge in [-0.3, -0.25) is 4.79 Å². The first-order valence-electron chi connectivity index (χ1n) is 8.75. The predicted molar refractivity (Wildman–Crippen MR) is 102 cm³/mol. The van der Waals surface area contributed by atoms with Crippen LogP contribution in [-0.4, -0.2) is 5.78 Å². The molecule has 122 valence electrons. The fourth-order valence-corrected chi connectivity index (χ4v) is 3.55. The van der Waals surface area contributed by atoms with Crippen LogP contribution >= 0.6 is 0 Å². The summed E-state index contributed by atoms with van der Waals surface area (Å²) in [5.41, 5.74) is 3.78. The number of hydrogen-bond acceptors (Lipinski definition) is 1. The highest BCUT2D eigenvalue weighted by Gasteiger charge is 2.21. The summed E-state index contributed by atoms with van der Waals surface area (Å²) in [6, 6.07) is 23.3. The lowest BCUT2D eigenvalue weighted by molar-refractivity contribution is -0.119. The van der Waals surface area contributed by atoms with Gasteiger partial charge in [0, 0.05) is 18.8 Å². The number of aryl methyl sites for hydroxylation is 1. The van der Waals surface area contributed by atoms with Crippen LogP contribution in [-0.2, 0) is 4.79 Å². The second kappa shape index (κ2) is 7.44. The van der Waals surface area contributed by atoms with Crippen LogP contribution in [0.5, 0.6) is 0 Å². The SMILES string of the molecule is CCCC(=O)CC(c1ccccc1)c1c(C)ccc2ccccc12. The smallest absolute Gasteiger partial charge is 0.133 e. The summed E-state index contributed by atoms with van der Waals surface area (Å²) in [6.45, 7) is 4.22. The van der Waals surface area contributed by atoms with E-state index in [-0.39, 0.29) is 5.92 Å². The number of ketones is 1. The molecule has 1 unspecified atom stereocenters. The number of carbonyl (C=O) groups excluding carboxylic acids is 1. The van der Waals surface area contributed by atoms with Crippen molar-refractivity contribution in [1.29, 1.82) is 0 Å². The molecule has 0 amide bonds. The molecule has 0 bridgehead atoms. The second-order valence-electron chi connectivity index (χ2n) is 6.47. The molecule has 0 aliphatic rings. The summed E-state index contributed by atoms with van der Waals surface area (Å²) in [7, 11) is 0. The van der Waals surface area contributed by atoms with E-state index in [2.05, 4.69) is 74.5 Å². The number of fused-ring (bicyclic) bond motifs is 1. The topological polar surface area (TPSA) is 17.1 Å². The summed E-state index contributed by atoms with van der Waals surface area (Å²) in [5.74, 6) is 0.468. The van der Waals surface area contributed by atoms with Gasteiger partial charge in [-0.1, -0.05) is 73.7 Å². The zero-order valence-corrected chi connectivity index (χ0v) is 14.5. The number of benzene rings is 3. The van der Waals surface area contributed by atoms with Crippen molar-refractivity contribution in [2.75, 3.05) is 0 Å². The summed E-state index contributed by atoms with van der Waals surface area (Å²) < 4.78 is 0. The van der Waals surface area contributed by atoms with E-state index >= 15 is 0 Å². The van der Waals surface area contributed by atoms with Crippen LogP contribution in [0.4, 0.5) is 0 Å². The predicted octanol–water partition coefficient (Wildman–Crippen LogP) is 6.04. The van der Waals surface area contributed by atoms with Crippen molar-refractivity contribution in [2.24, 2.45) is 0 Å². The molecule has 0 spiro atoms. The quantitative estimate of drug-likeness (QED) is 0.542. The fraction of sp³-hybridized carbons (Fsp3) is 0.261. The Morgan fingerprint density at radius 2 is 1.62 bits per heavy atom. The Kier molecular flexibility index (Phi) is 5.10. The molecule has 3 aromatic rings. The van der Waals surface area contributed by atoms with Gasteiger partial charge in [0.05, 0.1) is 0 Å². The van der Waals surface area contributed by atoms with E-state index in [1.165, 1.54) is 27.5 Å². The molecule has 0 aromatic heterocycles. The van der Waals surface area contributed by atoms with E-state index in [0.29, 0.717) is 18.6 Å². The Labute approximate surface area is 144 Å². The summed E-state index contributed by atoms with van der Waals surface area (Å²) >= 11 is 0. The van der Waals surface area contributed by atoms with E-state index in [1.807, 2.05) is 6.07 Å². The molecule has 24 heavy (non-hydrogen) atoms. The highest BCUT2D eigenvalue weighted by Crippen LogP contribution is 2.36. The van der Waals surface area contributed by atoms with Crippen LogP contribution in [0, 0.1) is 6.92 Å². The summed E-state index contributed by atoms with van der Waals surface area (Å²) in [5, 5.41) is 2.50. The lowest BCUT2D eigenvalue weighted by atomic mass is 9.81. The van der Waals surface area contributed by atoms with Gasteiger partial charge in [-0.05, 0) is 40.8 Å². The molecule has 1 heteroatoms. The van der Waals surface area contributed by atoms with Gasteiger partial charge in [0.2, 0.25) is 0 Å². The van der Waals surface area contributed by atoms with Crippen molar-refractivity contribution in [3.8, 4) is 0 Å². The van der Waals surface area contributed by atoms with Crippen LogP contribution in [0.3, 0.4) is 0 Å².